The molecule has 0 aromatic carbocycles. The van der Waals surface area contributed by atoms with Gasteiger partial charge in [0.25, 0.3) is 0 Å². The second kappa shape index (κ2) is 3.04. The molecule has 0 bridgehead atoms. The predicted molar refractivity (Wildman–Crippen MR) is 36.4 cm³/mol. The van der Waals surface area contributed by atoms with E-state index in [-0.39, 0.29) is 0 Å². The molecule has 0 amide bonds. The Bertz CT molecular complexity index is 152. The lowest BCUT2D eigenvalue weighted by atomic mass is 10.7. The van der Waals surface area contributed by atoms with E-state index in [0.29, 0.717) is 5.76 Å². The summed E-state index contributed by atoms with van der Waals surface area (Å²) in [5.41, 5.74) is 0. The molecule has 1 atom stereocenters. The third-order valence-electron chi connectivity index (χ3n) is 0.653. The standard InChI is InChI=1S/C5H11O3P/c1-5(2)8-9(4,6)7-3/h1H2,2-4H3. The molecule has 1 unspecified atom stereocenters. The topological polar surface area (TPSA) is 35.5 Å². The van der Waals surface area contributed by atoms with E-state index >= 15 is 0 Å². The van der Waals surface area contributed by atoms with Gasteiger partial charge in [-0.25, -0.2) is 4.57 Å². The van der Waals surface area contributed by atoms with Crippen molar-refractivity contribution in [3.8, 4) is 0 Å². The van der Waals surface area contributed by atoms with E-state index in [1.807, 2.05) is 0 Å². The van der Waals surface area contributed by atoms with E-state index in [2.05, 4.69) is 11.1 Å². The monoisotopic (exact) mass is 150 g/mol. The lowest BCUT2D eigenvalue weighted by Crippen LogP contribution is -1.86. The van der Waals surface area contributed by atoms with Crippen LogP contribution < -0.4 is 0 Å². The maximum Gasteiger partial charge on any atom is 0.375 e. The summed E-state index contributed by atoms with van der Waals surface area (Å²) in [4.78, 5) is 0. The lowest BCUT2D eigenvalue weighted by Gasteiger charge is -2.10. The highest BCUT2D eigenvalue weighted by molar-refractivity contribution is 7.53. The van der Waals surface area contributed by atoms with Crippen molar-refractivity contribution in [1.29, 1.82) is 0 Å². The van der Waals surface area contributed by atoms with Gasteiger partial charge in [-0.2, -0.15) is 0 Å². The molecule has 0 spiro atoms. The predicted octanol–water partition coefficient (Wildman–Crippen LogP) is 2.01. The fraction of sp³-hybridized carbons (Fsp3) is 0.600. The van der Waals surface area contributed by atoms with Gasteiger partial charge in [-0.15, -0.1) is 0 Å². The van der Waals surface area contributed by atoms with Gasteiger partial charge in [0, 0.05) is 13.8 Å². The fourth-order valence-electron chi connectivity index (χ4n) is 0.320. The molecular formula is C5H11O3P. The first-order valence-corrected chi connectivity index (χ1v) is 4.45. The summed E-state index contributed by atoms with van der Waals surface area (Å²) >= 11 is 0. The van der Waals surface area contributed by atoms with Crippen LogP contribution in [0, 0.1) is 0 Å². The van der Waals surface area contributed by atoms with E-state index in [9.17, 15) is 4.57 Å². The van der Waals surface area contributed by atoms with Crippen molar-refractivity contribution in [2.75, 3.05) is 13.8 Å². The van der Waals surface area contributed by atoms with Crippen LogP contribution in [-0.4, -0.2) is 13.8 Å². The number of allylic oxidation sites excluding steroid dienone is 1. The third-order valence-corrected chi connectivity index (χ3v) is 1.96. The van der Waals surface area contributed by atoms with Crippen LogP contribution in [0.25, 0.3) is 0 Å². The molecule has 0 aromatic heterocycles. The average Bonchev–Trinajstić information content (AvgIpc) is 1.63. The first-order chi connectivity index (χ1) is 3.98. The lowest BCUT2D eigenvalue weighted by molar-refractivity contribution is 0.290. The van der Waals surface area contributed by atoms with Crippen molar-refractivity contribution in [2.24, 2.45) is 0 Å². The summed E-state index contributed by atoms with van der Waals surface area (Å²) in [5.74, 6) is 0.405. The van der Waals surface area contributed by atoms with Crippen LogP contribution in [0.3, 0.4) is 0 Å². The third kappa shape index (κ3) is 4.25. The van der Waals surface area contributed by atoms with E-state index < -0.39 is 7.60 Å². The van der Waals surface area contributed by atoms with Crippen molar-refractivity contribution in [2.45, 2.75) is 6.92 Å². The molecule has 0 radical (unpaired) electrons. The molecule has 0 aliphatic carbocycles. The maximum absolute atomic E-state index is 10.9. The summed E-state index contributed by atoms with van der Waals surface area (Å²) in [6.45, 7) is 6.42. The van der Waals surface area contributed by atoms with E-state index in [1.165, 1.54) is 13.8 Å². The fourth-order valence-corrected chi connectivity index (χ4v) is 0.961. The molecule has 0 heterocycles. The van der Waals surface area contributed by atoms with Crippen LogP contribution >= 0.6 is 7.60 Å². The molecule has 0 aromatic rings. The number of hydrogen-bond acceptors (Lipinski definition) is 3. The number of rotatable bonds is 3. The molecule has 0 saturated carbocycles. The second-order valence-electron chi connectivity index (χ2n) is 1.75. The molecule has 54 valence electrons. The van der Waals surface area contributed by atoms with E-state index in [0.717, 1.165) is 0 Å². The van der Waals surface area contributed by atoms with E-state index in [1.54, 1.807) is 6.92 Å². The Balaban J connectivity index is 3.88. The van der Waals surface area contributed by atoms with Crippen LogP contribution in [0.4, 0.5) is 0 Å². The van der Waals surface area contributed by atoms with Gasteiger partial charge < -0.3 is 9.05 Å². The molecule has 0 aliphatic heterocycles. The molecule has 0 fully saturated rings. The molecule has 0 saturated heterocycles. The zero-order chi connectivity index (χ0) is 7.49. The van der Waals surface area contributed by atoms with Crippen LogP contribution in [0.2, 0.25) is 0 Å². The van der Waals surface area contributed by atoms with Gasteiger partial charge in [-0.05, 0) is 6.92 Å². The highest BCUT2D eigenvalue weighted by Crippen LogP contribution is 2.44. The Labute approximate surface area is 55.2 Å². The van der Waals surface area contributed by atoms with Crippen molar-refractivity contribution in [1.82, 2.24) is 0 Å². The molecule has 0 rings (SSSR count). The Hall–Kier alpha value is -0.270. The second-order valence-corrected chi connectivity index (χ2v) is 3.84. The quantitative estimate of drug-likeness (QED) is 0.456. The summed E-state index contributed by atoms with van der Waals surface area (Å²) in [7, 11) is -1.49. The van der Waals surface area contributed by atoms with Gasteiger partial charge in [0.15, 0.2) is 0 Å². The van der Waals surface area contributed by atoms with Crippen molar-refractivity contribution >= 4 is 7.60 Å². The summed E-state index contributed by atoms with van der Waals surface area (Å²) in [5, 5.41) is 0. The van der Waals surface area contributed by atoms with Gasteiger partial charge in [0.2, 0.25) is 0 Å². The Morgan fingerprint density at radius 1 is 1.67 bits per heavy atom. The minimum absolute atomic E-state index is 0.405. The smallest absolute Gasteiger partial charge is 0.375 e. The molecule has 0 N–H and O–H groups in total. The highest BCUT2D eigenvalue weighted by Gasteiger charge is 2.13. The first kappa shape index (κ1) is 8.73. The normalized spacial score (nSPS) is 16.3. The Kier molecular flexibility index (Phi) is 2.95. The van der Waals surface area contributed by atoms with Gasteiger partial charge in [0.1, 0.15) is 0 Å². The van der Waals surface area contributed by atoms with Gasteiger partial charge in [-0.1, -0.05) is 6.58 Å². The molecule has 3 nitrogen and oxygen atoms in total. The van der Waals surface area contributed by atoms with Crippen molar-refractivity contribution in [3.05, 3.63) is 12.3 Å². The van der Waals surface area contributed by atoms with Crippen LogP contribution in [0.15, 0.2) is 12.3 Å². The zero-order valence-corrected chi connectivity index (χ0v) is 6.77. The molecular weight excluding hydrogens is 139 g/mol. The Morgan fingerprint density at radius 2 is 2.11 bits per heavy atom. The summed E-state index contributed by atoms with van der Waals surface area (Å²) in [6.07, 6.45) is 0. The van der Waals surface area contributed by atoms with Crippen molar-refractivity contribution < 1.29 is 13.6 Å². The SMILES string of the molecule is C=C(C)OP(C)(=O)OC. The van der Waals surface area contributed by atoms with E-state index in [4.69, 9.17) is 4.52 Å². The highest BCUT2D eigenvalue weighted by atomic mass is 31.2. The Morgan fingerprint density at radius 3 is 2.22 bits per heavy atom. The molecule has 4 heteroatoms. The minimum atomic E-state index is -2.83. The summed E-state index contributed by atoms with van der Waals surface area (Å²) < 4.78 is 20.1. The van der Waals surface area contributed by atoms with Crippen LogP contribution in [0.1, 0.15) is 6.92 Å². The molecule has 0 aliphatic rings. The largest absolute Gasteiger partial charge is 0.430 e. The van der Waals surface area contributed by atoms with Gasteiger partial charge >= 0.3 is 7.60 Å². The zero-order valence-electron chi connectivity index (χ0n) is 5.88. The maximum atomic E-state index is 10.9. The minimum Gasteiger partial charge on any atom is -0.430 e. The number of hydrogen-bond donors (Lipinski definition) is 0. The summed E-state index contributed by atoms with van der Waals surface area (Å²) in [6, 6.07) is 0. The van der Waals surface area contributed by atoms with Crippen LogP contribution in [0.5, 0.6) is 0 Å². The van der Waals surface area contributed by atoms with Gasteiger partial charge in [-0.3, -0.25) is 0 Å². The van der Waals surface area contributed by atoms with Gasteiger partial charge in [0.05, 0.1) is 5.76 Å². The average molecular weight is 150 g/mol. The first-order valence-electron chi connectivity index (χ1n) is 2.46. The van der Waals surface area contributed by atoms with Crippen LogP contribution in [-0.2, 0) is 13.6 Å². The molecule has 9 heavy (non-hydrogen) atoms. The van der Waals surface area contributed by atoms with Crippen molar-refractivity contribution in [3.63, 3.8) is 0 Å².